The maximum absolute atomic E-state index is 12.4. The van der Waals surface area contributed by atoms with E-state index < -0.39 is 0 Å². The average Bonchev–Trinajstić information content (AvgIpc) is 3.32. The van der Waals surface area contributed by atoms with Crippen molar-refractivity contribution in [3.05, 3.63) is 96.8 Å². The summed E-state index contributed by atoms with van der Waals surface area (Å²) in [6.45, 7) is -0.141. The molecule has 0 saturated heterocycles. The van der Waals surface area contributed by atoms with Gasteiger partial charge in [0.15, 0.2) is 11.5 Å². The number of amides is 2. The molecule has 0 fully saturated rings. The minimum Gasteiger partial charge on any atom is -0.343 e. The van der Waals surface area contributed by atoms with Crippen molar-refractivity contribution in [3.8, 4) is 22.6 Å². The van der Waals surface area contributed by atoms with Crippen LogP contribution in [0.25, 0.3) is 28.3 Å². The average molecular weight is 449 g/mol. The van der Waals surface area contributed by atoms with Gasteiger partial charge in [-0.2, -0.15) is 9.61 Å². The van der Waals surface area contributed by atoms with Crippen molar-refractivity contribution in [2.75, 3.05) is 11.9 Å². The number of fused-ring (bicyclic) bond motifs is 1. The minimum absolute atomic E-state index is 0.141. The summed E-state index contributed by atoms with van der Waals surface area (Å²) < 4.78 is 1.68. The van der Waals surface area contributed by atoms with Crippen molar-refractivity contribution < 1.29 is 9.59 Å². The van der Waals surface area contributed by atoms with Crippen molar-refractivity contribution in [3.63, 3.8) is 0 Å². The van der Waals surface area contributed by atoms with Crippen LogP contribution in [0.15, 0.2) is 91.3 Å². The predicted octanol–water partition coefficient (Wildman–Crippen LogP) is 3.22. The van der Waals surface area contributed by atoms with Crippen molar-refractivity contribution in [2.45, 2.75) is 0 Å². The highest BCUT2D eigenvalue weighted by molar-refractivity contribution is 5.99. The van der Waals surface area contributed by atoms with Gasteiger partial charge in [-0.1, -0.05) is 30.3 Å². The number of nitrogens with zero attached hydrogens (tertiary/aromatic N) is 5. The lowest BCUT2D eigenvalue weighted by atomic mass is 10.1. The van der Waals surface area contributed by atoms with E-state index in [1.807, 2.05) is 48.5 Å². The molecule has 0 atom stereocenters. The Labute approximate surface area is 194 Å². The van der Waals surface area contributed by atoms with Crippen LogP contribution in [-0.2, 0) is 4.79 Å². The van der Waals surface area contributed by atoms with Gasteiger partial charge in [-0.05, 0) is 48.5 Å². The Morgan fingerprint density at radius 1 is 0.824 bits per heavy atom. The lowest BCUT2D eigenvalue weighted by Gasteiger charge is -2.09. The molecule has 0 aliphatic carbocycles. The van der Waals surface area contributed by atoms with Gasteiger partial charge < -0.3 is 10.6 Å². The first kappa shape index (κ1) is 21.0. The number of benzene rings is 2. The Morgan fingerprint density at radius 2 is 1.65 bits per heavy atom. The predicted molar refractivity (Wildman–Crippen MR) is 127 cm³/mol. The molecule has 0 aliphatic heterocycles. The van der Waals surface area contributed by atoms with Gasteiger partial charge in [0.1, 0.15) is 0 Å². The second-order valence-corrected chi connectivity index (χ2v) is 7.43. The van der Waals surface area contributed by atoms with Crippen LogP contribution in [0, 0.1) is 0 Å². The molecule has 2 amide bonds. The summed E-state index contributed by atoms with van der Waals surface area (Å²) in [5.41, 5.74) is 4.06. The highest BCUT2D eigenvalue weighted by Gasteiger charge is 2.12. The summed E-state index contributed by atoms with van der Waals surface area (Å²) in [6.07, 6.45) is 3.38. The molecule has 0 bridgehead atoms. The van der Waals surface area contributed by atoms with Gasteiger partial charge in [0, 0.05) is 34.8 Å². The van der Waals surface area contributed by atoms with Crippen LogP contribution in [0.3, 0.4) is 0 Å². The van der Waals surface area contributed by atoms with Crippen LogP contribution in [-0.4, -0.2) is 43.2 Å². The summed E-state index contributed by atoms with van der Waals surface area (Å²) in [5, 5.41) is 18.6. The topological polar surface area (TPSA) is 114 Å². The van der Waals surface area contributed by atoms with Crippen LogP contribution in [0.5, 0.6) is 0 Å². The van der Waals surface area contributed by atoms with E-state index >= 15 is 0 Å². The van der Waals surface area contributed by atoms with Gasteiger partial charge in [-0.15, -0.1) is 10.2 Å². The largest absolute Gasteiger partial charge is 0.343 e. The minimum atomic E-state index is -0.330. The number of aromatic nitrogens is 5. The number of rotatable bonds is 6. The van der Waals surface area contributed by atoms with Gasteiger partial charge >= 0.3 is 0 Å². The molecule has 5 rings (SSSR count). The molecule has 34 heavy (non-hydrogen) atoms. The van der Waals surface area contributed by atoms with E-state index in [0.717, 1.165) is 11.1 Å². The molecule has 3 heterocycles. The first-order chi connectivity index (χ1) is 16.7. The summed E-state index contributed by atoms with van der Waals surface area (Å²) in [4.78, 5) is 28.5. The fourth-order valence-electron chi connectivity index (χ4n) is 3.44. The number of carbonyl (C=O) groups is 2. The Balaban J connectivity index is 1.32. The number of hydrogen-bond acceptors (Lipinski definition) is 6. The molecular formula is C25H19N7O2. The SMILES string of the molecule is O=C(CNC(=O)c1ccccc1)Nc1cccc(-c2ccc3nnc(-c4ccncc4)n3n2)c1. The zero-order valence-electron chi connectivity index (χ0n) is 17.9. The second kappa shape index (κ2) is 9.29. The fraction of sp³-hybridized carbons (Fsp3) is 0.0400. The van der Waals surface area contributed by atoms with E-state index in [-0.39, 0.29) is 18.4 Å². The molecule has 2 aromatic carbocycles. The zero-order chi connectivity index (χ0) is 23.3. The monoisotopic (exact) mass is 449 g/mol. The van der Waals surface area contributed by atoms with Gasteiger partial charge in [0.2, 0.25) is 5.91 Å². The van der Waals surface area contributed by atoms with E-state index in [0.29, 0.717) is 28.4 Å². The van der Waals surface area contributed by atoms with Crippen molar-refractivity contribution >= 4 is 23.1 Å². The molecule has 2 N–H and O–H groups in total. The first-order valence-corrected chi connectivity index (χ1v) is 10.5. The van der Waals surface area contributed by atoms with Gasteiger partial charge in [0.25, 0.3) is 5.91 Å². The molecule has 0 aliphatic rings. The van der Waals surface area contributed by atoms with Gasteiger partial charge in [-0.25, -0.2) is 0 Å². The van der Waals surface area contributed by atoms with Gasteiger partial charge in [0.05, 0.1) is 12.2 Å². The van der Waals surface area contributed by atoms with E-state index in [1.54, 1.807) is 47.2 Å². The van der Waals surface area contributed by atoms with E-state index in [9.17, 15) is 9.59 Å². The molecule has 166 valence electrons. The van der Waals surface area contributed by atoms with E-state index in [4.69, 9.17) is 5.10 Å². The van der Waals surface area contributed by atoms with E-state index in [2.05, 4.69) is 25.8 Å². The molecule has 9 heteroatoms. The third-order valence-electron chi connectivity index (χ3n) is 5.09. The number of pyridine rings is 1. The Bertz CT molecular complexity index is 1470. The second-order valence-electron chi connectivity index (χ2n) is 7.43. The van der Waals surface area contributed by atoms with Crippen LogP contribution in [0.1, 0.15) is 10.4 Å². The van der Waals surface area contributed by atoms with Crippen LogP contribution in [0.4, 0.5) is 5.69 Å². The maximum Gasteiger partial charge on any atom is 0.251 e. The number of nitrogens with one attached hydrogen (secondary N) is 2. The zero-order valence-corrected chi connectivity index (χ0v) is 17.9. The summed E-state index contributed by atoms with van der Waals surface area (Å²) in [6, 6.07) is 23.5. The molecule has 5 aromatic rings. The van der Waals surface area contributed by atoms with Crippen molar-refractivity contribution in [1.29, 1.82) is 0 Å². The molecule has 0 saturated carbocycles. The van der Waals surface area contributed by atoms with E-state index in [1.165, 1.54) is 0 Å². The molecule has 0 unspecified atom stereocenters. The Kier molecular flexibility index (Phi) is 5.73. The lowest BCUT2D eigenvalue weighted by Crippen LogP contribution is -2.32. The number of hydrogen-bond donors (Lipinski definition) is 2. The lowest BCUT2D eigenvalue weighted by molar-refractivity contribution is -0.115. The third-order valence-corrected chi connectivity index (χ3v) is 5.09. The smallest absolute Gasteiger partial charge is 0.251 e. The number of carbonyl (C=O) groups excluding carboxylic acids is 2. The van der Waals surface area contributed by atoms with Gasteiger partial charge in [-0.3, -0.25) is 14.6 Å². The molecular weight excluding hydrogens is 430 g/mol. The number of anilines is 1. The molecule has 0 radical (unpaired) electrons. The first-order valence-electron chi connectivity index (χ1n) is 10.5. The van der Waals surface area contributed by atoms with Crippen LogP contribution in [0.2, 0.25) is 0 Å². The summed E-state index contributed by atoms with van der Waals surface area (Å²) in [7, 11) is 0. The summed E-state index contributed by atoms with van der Waals surface area (Å²) in [5.74, 6) is -0.0255. The fourth-order valence-corrected chi connectivity index (χ4v) is 3.44. The molecule has 9 nitrogen and oxygen atoms in total. The van der Waals surface area contributed by atoms with Crippen molar-refractivity contribution in [1.82, 2.24) is 30.1 Å². The van der Waals surface area contributed by atoms with Crippen molar-refractivity contribution in [2.24, 2.45) is 0 Å². The maximum atomic E-state index is 12.4. The Morgan fingerprint density at radius 3 is 2.47 bits per heavy atom. The molecule has 3 aromatic heterocycles. The summed E-state index contributed by atoms with van der Waals surface area (Å²) >= 11 is 0. The third kappa shape index (κ3) is 4.49. The highest BCUT2D eigenvalue weighted by atomic mass is 16.2. The van der Waals surface area contributed by atoms with Crippen LogP contribution >= 0.6 is 0 Å². The highest BCUT2D eigenvalue weighted by Crippen LogP contribution is 2.23. The standard InChI is InChI=1S/C25H19N7O2/c33-23(16-27-25(34)18-5-2-1-3-6-18)28-20-8-4-7-19(15-20)21-9-10-22-29-30-24(32(22)31-21)17-11-13-26-14-12-17/h1-15H,16H2,(H,27,34)(H,28,33). The molecule has 0 spiro atoms. The quantitative estimate of drug-likeness (QED) is 0.411. The Hall–Kier alpha value is -4.92. The van der Waals surface area contributed by atoms with Crippen LogP contribution < -0.4 is 10.6 Å². The normalized spacial score (nSPS) is 10.7.